The molecule has 0 spiro atoms. The van der Waals surface area contributed by atoms with Crippen molar-refractivity contribution in [2.45, 2.75) is 26.8 Å². The molecule has 0 aliphatic carbocycles. The number of nitrogens with one attached hydrogen (secondary N) is 1. The Morgan fingerprint density at radius 3 is 2.53 bits per heavy atom. The number of aromatic nitrogens is 2. The molecule has 19 heavy (non-hydrogen) atoms. The first-order chi connectivity index (χ1) is 9.10. The summed E-state index contributed by atoms with van der Waals surface area (Å²) in [6.07, 6.45) is 0.721. The number of hydrogen-bond donors (Lipinski definition) is 2. The van der Waals surface area contributed by atoms with E-state index in [4.69, 9.17) is 17.3 Å². The van der Waals surface area contributed by atoms with Crippen LogP contribution < -0.4 is 11.1 Å². The molecule has 100 valence electrons. The quantitative estimate of drug-likeness (QED) is 0.842. The Labute approximate surface area is 118 Å². The normalized spacial score (nSPS) is 10.5. The van der Waals surface area contributed by atoms with Gasteiger partial charge in [-0.05, 0) is 12.5 Å². The number of nitrogens with two attached hydrogens (primary N) is 1. The number of hydrogen-bond acceptors (Lipinski definition) is 4. The molecule has 0 unspecified atom stereocenters. The minimum absolute atomic E-state index is 0.304. The topological polar surface area (TPSA) is 63.8 Å². The van der Waals surface area contributed by atoms with Crippen LogP contribution in [0.5, 0.6) is 0 Å². The maximum absolute atomic E-state index is 5.98. The van der Waals surface area contributed by atoms with Gasteiger partial charge in [0.1, 0.15) is 11.5 Å². The van der Waals surface area contributed by atoms with Gasteiger partial charge in [-0.25, -0.2) is 9.97 Å². The summed E-state index contributed by atoms with van der Waals surface area (Å²) in [5, 5.41) is 3.51. The molecule has 0 fully saturated rings. The molecule has 2 rings (SSSR count). The molecule has 1 aromatic heterocycles. The molecule has 2 aromatic rings. The Kier molecular flexibility index (Phi) is 4.22. The SMILES string of the molecule is CCc1nc(Cl)c(N)c(NCc2ccc(C)cc2)n1. The van der Waals surface area contributed by atoms with Crippen LogP contribution in [0, 0.1) is 6.92 Å². The third-order valence-corrected chi connectivity index (χ3v) is 3.13. The van der Waals surface area contributed by atoms with Crippen LogP contribution in [0.25, 0.3) is 0 Å². The van der Waals surface area contributed by atoms with E-state index in [-0.39, 0.29) is 0 Å². The molecular formula is C14H17ClN4. The lowest BCUT2D eigenvalue weighted by atomic mass is 10.1. The van der Waals surface area contributed by atoms with Crippen molar-refractivity contribution < 1.29 is 0 Å². The summed E-state index contributed by atoms with van der Waals surface area (Å²) in [4.78, 5) is 8.46. The van der Waals surface area contributed by atoms with Crippen molar-refractivity contribution in [2.24, 2.45) is 0 Å². The van der Waals surface area contributed by atoms with Crippen LogP contribution in [-0.4, -0.2) is 9.97 Å². The third kappa shape index (κ3) is 3.35. The van der Waals surface area contributed by atoms with Crippen LogP contribution in [0.4, 0.5) is 11.5 Å². The maximum atomic E-state index is 5.98. The van der Waals surface area contributed by atoms with Crippen molar-refractivity contribution in [3.63, 3.8) is 0 Å². The Bertz CT molecular complexity index is 566. The Morgan fingerprint density at radius 1 is 1.21 bits per heavy atom. The van der Waals surface area contributed by atoms with Gasteiger partial charge >= 0.3 is 0 Å². The van der Waals surface area contributed by atoms with E-state index in [1.807, 2.05) is 6.92 Å². The molecule has 0 radical (unpaired) electrons. The van der Waals surface area contributed by atoms with Crippen molar-refractivity contribution in [3.05, 3.63) is 46.4 Å². The molecule has 1 aromatic carbocycles. The average molecular weight is 277 g/mol. The molecular weight excluding hydrogens is 260 g/mol. The Hall–Kier alpha value is -1.81. The van der Waals surface area contributed by atoms with Gasteiger partial charge in [-0.15, -0.1) is 0 Å². The third-order valence-electron chi connectivity index (χ3n) is 2.84. The van der Waals surface area contributed by atoms with Gasteiger partial charge in [0.15, 0.2) is 11.0 Å². The zero-order chi connectivity index (χ0) is 13.8. The highest BCUT2D eigenvalue weighted by Crippen LogP contribution is 2.24. The number of nitrogens with zero attached hydrogens (tertiary/aromatic N) is 2. The highest BCUT2D eigenvalue weighted by molar-refractivity contribution is 6.32. The van der Waals surface area contributed by atoms with E-state index in [0.717, 1.165) is 12.0 Å². The molecule has 5 heteroatoms. The van der Waals surface area contributed by atoms with E-state index < -0.39 is 0 Å². The second-order valence-corrected chi connectivity index (χ2v) is 4.74. The molecule has 0 saturated carbocycles. The van der Waals surface area contributed by atoms with Gasteiger partial charge in [-0.3, -0.25) is 0 Å². The fourth-order valence-corrected chi connectivity index (χ4v) is 1.86. The van der Waals surface area contributed by atoms with Gasteiger partial charge in [0.05, 0.1) is 0 Å². The van der Waals surface area contributed by atoms with Crippen molar-refractivity contribution in [2.75, 3.05) is 11.1 Å². The Morgan fingerprint density at radius 2 is 1.89 bits per heavy atom. The first-order valence-corrected chi connectivity index (χ1v) is 6.59. The van der Waals surface area contributed by atoms with E-state index in [1.165, 1.54) is 5.56 Å². The molecule has 0 atom stereocenters. The molecule has 0 bridgehead atoms. The molecule has 0 amide bonds. The standard InChI is InChI=1S/C14H17ClN4/c1-3-11-18-13(15)12(16)14(19-11)17-8-10-6-4-9(2)5-7-10/h4-7H,3,8,16H2,1-2H3,(H,17,18,19). The van der Waals surface area contributed by atoms with E-state index in [9.17, 15) is 0 Å². The summed E-state index contributed by atoms with van der Waals surface area (Å²) >= 11 is 5.98. The smallest absolute Gasteiger partial charge is 0.157 e. The van der Waals surface area contributed by atoms with Crippen LogP contribution >= 0.6 is 11.6 Å². The number of rotatable bonds is 4. The van der Waals surface area contributed by atoms with Gasteiger partial charge in [-0.2, -0.15) is 0 Å². The molecule has 3 N–H and O–H groups in total. The number of aryl methyl sites for hydroxylation is 2. The zero-order valence-electron chi connectivity index (χ0n) is 11.1. The number of halogens is 1. The summed E-state index contributed by atoms with van der Waals surface area (Å²) in [5.74, 6) is 1.28. The second kappa shape index (κ2) is 5.89. The van der Waals surface area contributed by atoms with E-state index in [2.05, 4.69) is 46.5 Å². The predicted octanol–water partition coefficient (Wildman–Crippen LogP) is 3.20. The average Bonchev–Trinajstić information content (AvgIpc) is 2.42. The van der Waals surface area contributed by atoms with E-state index >= 15 is 0 Å². The number of anilines is 2. The minimum Gasteiger partial charge on any atom is -0.393 e. The van der Waals surface area contributed by atoms with Gasteiger partial charge in [0.2, 0.25) is 0 Å². The highest BCUT2D eigenvalue weighted by atomic mass is 35.5. The Balaban J connectivity index is 2.14. The molecule has 4 nitrogen and oxygen atoms in total. The highest BCUT2D eigenvalue weighted by Gasteiger charge is 2.09. The van der Waals surface area contributed by atoms with Crippen LogP contribution in [0.1, 0.15) is 23.9 Å². The van der Waals surface area contributed by atoms with Crippen LogP contribution in [-0.2, 0) is 13.0 Å². The first-order valence-electron chi connectivity index (χ1n) is 6.21. The molecule has 1 heterocycles. The van der Waals surface area contributed by atoms with Crippen LogP contribution in [0.3, 0.4) is 0 Å². The van der Waals surface area contributed by atoms with Crippen LogP contribution in [0.15, 0.2) is 24.3 Å². The van der Waals surface area contributed by atoms with Gasteiger partial charge in [0, 0.05) is 13.0 Å². The summed E-state index contributed by atoms with van der Waals surface area (Å²) in [6, 6.07) is 8.29. The summed E-state index contributed by atoms with van der Waals surface area (Å²) in [5.41, 5.74) is 8.67. The lowest BCUT2D eigenvalue weighted by Crippen LogP contribution is -2.08. The molecule has 0 saturated heterocycles. The van der Waals surface area contributed by atoms with Gasteiger partial charge in [-0.1, -0.05) is 48.4 Å². The number of benzene rings is 1. The van der Waals surface area contributed by atoms with Gasteiger partial charge < -0.3 is 11.1 Å². The fourth-order valence-electron chi connectivity index (χ4n) is 1.67. The van der Waals surface area contributed by atoms with E-state index in [1.54, 1.807) is 0 Å². The summed E-state index contributed by atoms with van der Waals surface area (Å²) in [6.45, 7) is 4.69. The van der Waals surface area contributed by atoms with Crippen molar-refractivity contribution >= 4 is 23.1 Å². The predicted molar refractivity (Wildman–Crippen MR) is 79.3 cm³/mol. The lowest BCUT2D eigenvalue weighted by Gasteiger charge is -2.10. The summed E-state index contributed by atoms with van der Waals surface area (Å²) < 4.78 is 0. The molecule has 0 aliphatic heterocycles. The zero-order valence-corrected chi connectivity index (χ0v) is 11.8. The van der Waals surface area contributed by atoms with E-state index in [0.29, 0.717) is 29.0 Å². The van der Waals surface area contributed by atoms with Crippen LogP contribution in [0.2, 0.25) is 5.15 Å². The lowest BCUT2D eigenvalue weighted by molar-refractivity contribution is 0.935. The maximum Gasteiger partial charge on any atom is 0.157 e. The second-order valence-electron chi connectivity index (χ2n) is 4.39. The molecule has 0 aliphatic rings. The fraction of sp³-hybridized carbons (Fsp3) is 0.286. The largest absolute Gasteiger partial charge is 0.393 e. The minimum atomic E-state index is 0.304. The van der Waals surface area contributed by atoms with Crippen molar-refractivity contribution in [1.82, 2.24) is 9.97 Å². The summed E-state index contributed by atoms with van der Waals surface area (Å²) in [7, 11) is 0. The number of nitrogen functional groups attached to an aromatic ring is 1. The van der Waals surface area contributed by atoms with Crippen molar-refractivity contribution in [1.29, 1.82) is 0 Å². The first kappa shape index (κ1) is 13.6. The van der Waals surface area contributed by atoms with Gasteiger partial charge in [0.25, 0.3) is 0 Å². The van der Waals surface area contributed by atoms with Crippen molar-refractivity contribution in [3.8, 4) is 0 Å². The monoisotopic (exact) mass is 276 g/mol.